The molecular formula is C9H22S2Sn2. The van der Waals surface area contributed by atoms with Crippen molar-refractivity contribution in [3.05, 3.63) is 0 Å². The van der Waals surface area contributed by atoms with Crippen molar-refractivity contribution in [3.8, 4) is 0 Å². The van der Waals surface area contributed by atoms with Gasteiger partial charge in [0.1, 0.15) is 0 Å². The summed E-state index contributed by atoms with van der Waals surface area (Å²) >= 11 is -1.18. The Labute approximate surface area is 109 Å². The first-order chi connectivity index (χ1) is 5.81. The van der Waals surface area contributed by atoms with E-state index in [0.29, 0.717) is 0 Å². The molecule has 78 valence electrons. The second kappa shape index (κ2) is 14.2. The van der Waals surface area contributed by atoms with E-state index in [4.69, 9.17) is 0 Å². The van der Waals surface area contributed by atoms with Crippen LogP contribution in [0, 0.1) is 0 Å². The molecule has 0 aliphatic rings. The molecule has 0 aliphatic heterocycles. The van der Waals surface area contributed by atoms with Gasteiger partial charge in [-0.1, -0.05) is 0 Å². The third-order valence-electron chi connectivity index (χ3n) is 1.73. The van der Waals surface area contributed by atoms with Crippen LogP contribution in [0.1, 0.15) is 39.5 Å². The van der Waals surface area contributed by atoms with Crippen molar-refractivity contribution < 1.29 is 0 Å². The van der Waals surface area contributed by atoms with Gasteiger partial charge < -0.3 is 13.5 Å². The number of hydrogen-bond acceptors (Lipinski definition) is 2. The molecule has 0 fully saturated rings. The molecule has 0 unspecified atom stereocenters. The first-order valence-electron chi connectivity index (χ1n) is 4.97. The van der Waals surface area contributed by atoms with E-state index in [-0.39, 0.29) is 33.3 Å². The summed E-state index contributed by atoms with van der Waals surface area (Å²) in [6.07, 6.45) is 8.17. The zero-order valence-corrected chi connectivity index (χ0v) is 16.7. The summed E-state index contributed by atoms with van der Waals surface area (Å²) in [6.45, 7) is 4.59. The number of rotatable bonds is 8. The minimum atomic E-state index is -1.03. The average Bonchev–Trinajstić information content (AvgIpc) is 2.09. The summed E-state index contributed by atoms with van der Waals surface area (Å²) in [4.78, 5) is 0. The number of unbranched alkanes of at least 4 members (excludes halogenated alkanes) is 2. The van der Waals surface area contributed by atoms with Crippen LogP contribution in [-0.4, -0.2) is 42.2 Å². The molecular weight excluding hydrogens is 410 g/mol. The van der Waals surface area contributed by atoms with Crippen LogP contribution >= 0.6 is 6.13 Å². The molecule has 0 aromatic carbocycles. The van der Waals surface area contributed by atoms with E-state index in [1.54, 1.807) is 8.87 Å². The van der Waals surface area contributed by atoms with Gasteiger partial charge in [0.05, 0.1) is 0 Å². The van der Waals surface area contributed by atoms with Crippen LogP contribution in [0.3, 0.4) is 0 Å². The minimum Gasteiger partial charge on any atom is -0.813 e. The van der Waals surface area contributed by atoms with E-state index in [0.717, 1.165) is 0 Å². The van der Waals surface area contributed by atoms with Gasteiger partial charge >= 0.3 is 96.7 Å². The first-order valence-corrected chi connectivity index (χ1v) is 19.7. The fourth-order valence-electron chi connectivity index (χ4n) is 0.897. The van der Waals surface area contributed by atoms with Crippen molar-refractivity contribution in [3.63, 3.8) is 0 Å². The van der Waals surface area contributed by atoms with E-state index in [9.17, 15) is 0 Å². The van der Waals surface area contributed by atoms with Crippen LogP contribution in [0.4, 0.5) is 0 Å². The van der Waals surface area contributed by atoms with Crippen LogP contribution in [0.2, 0.25) is 8.87 Å². The predicted octanol–water partition coefficient (Wildman–Crippen LogP) is 2.82. The van der Waals surface area contributed by atoms with Crippen LogP contribution in [-0.2, 0) is 13.5 Å². The average molecular weight is 432 g/mol. The molecule has 0 saturated heterocycles. The summed E-state index contributed by atoms with van der Waals surface area (Å²) in [7, 11) is 0. The van der Waals surface area contributed by atoms with Crippen molar-refractivity contribution >= 4 is 61.8 Å². The number of thiol groups is 1. The van der Waals surface area contributed by atoms with Gasteiger partial charge in [-0.2, -0.15) is 0 Å². The zero-order valence-electron chi connectivity index (χ0n) is 8.88. The van der Waals surface area contributed by atoms with Crippen LogP contribution in [0.15, 0.2) is 0 Å². The molecule has 0 aliphatic carbocycles. The van der Waals surface area contributed by atoms with Crippen molar-refractivity contribution in [1.29, 1.82) is 0 Å². The fraction of sp³-hybridized carbons (Fsp3) is 0.889. The third kappa shape index (κ3) is 14.2. The Hall–Kier alpha value is 2.17. The van der Waals surface area contributed by atoms with Gasteiger partial charge in [0.25, 0.3) is 0 Å². The topological polar surface area (TPSA) is 0 Å². The fourth-order valence-corrected chi connectivity index (χ4v) is 38.3. The Kier molecular flexibility index (Phi) is 19.1. The molecule has 0 aromatic rings. The monoisotopic (exact) mass is 434 g/mol. The summed E-state index contributed by atoms with van der Waals surface area (Å²) in [5, 5.41) is 0. The summed E-state index contributed by atoms with van der Waals surface area (Å²) in [5.74, 6) is 0. The molecule has 0 atom stereocenters. The Balaban J connectivity index is 0. The molecule has 0 radical (unpaired) electrons. The Bertz CT molecular complexity index is 118. The minimum absolute atomic E-state index is 0. The van der Waals surface area contributed by atoms with Crippen molar-refractivity contribution in [2.75, 3.05) is 0 Å². The smallest absolute Gasteiger partial charge is 0.813 e. The van der Waals surface area contributed by atoms with Gasteiger partial charge in [-0.3, -0.25) is 0 Å². The molecule has 0 spiro atoms. The molecule has 0 amide bonds. The second-order valence-electron chi connectivity index (χ2n) is 3.07. The quantitative estimate of drug-likeness (QED) is 0.251. The Morgan fingerprint density at radius 2 is 1.85 bits per heavy atom. The summed E-state index contributed by atoms with van der Waals surface area (Å²) in [6, 6.07) is 0. The maximum atomic E-state index is 4.38. The van der Waals surface area contributed by atoms with Crippen LogP contribution < -0.4 is 0 Å². The van der Waals surface area contributed by atoms with Gasteiger partial charge in [0.2, 0.25) is 0 Å². The van der Waals surface area contributed by atoms with Gasteiger partial charge in [-0.15, -0.1) is 0 Å². The van der Waals surface area contributed by atoms with Gasteiger partial charge in [-0.05, 0) is 0 Å². The Morgan fingerprint density at radius 1 is 1.23 bits per heavy atom. The summed E-state index contributed by atoms with van der Waals surface area (Å²) in [5.41, 5.74) is 0. The van der Waals surface area contributed by atoms with Crippen molar-refractivity contribution in [2.45, 2.75) is 48.4 Å². The molecule has 0 rings (SSSR count). The van der Waals surface area contributed by atoms with Crippen LogP contribution in [0.5, 0.6) is 0 Å². The van der Waals surface area contributed by atoms with Crippen molar-refractivity contribution in [1.82, 2.24) is 0 Å². The van der Waals surface area contributed by atoms with Gasteiger partial charge in [-0.25, -0.2) is 0 Å². The van der Waals surface area contributed by atoms with E-state index < -0.39 is 17.9 Å². The zero-order chi connectivity index (χ0) is 9.23. The maximum absolute atomic E-state index is 4.38. The van der Waals surface area contributed by atoms with E-state index in [1.807, 2.05) is 0 Å². The largest absolute Gasteiger partial charge is 0.813 e. The predicted molar refractivity (Wildman–Crippen MR) is 75.8 cm³/mol. The molecule has 0 saturated carbocycles. The summed E-state index contributed by atoms with van der Waals surface area (Å²) < 4.78 is 7.54. The van der Waals surface area contributed by atoms with Crippen molar-refractivity contribution in [2.24, 2.45) is 0 Å². The standard InChI is InChI=1S/2C4H9.CH2.H2S.S.2Sn.H/c2*1-3-4-2;;;;;;/h2*1,3-4H2,2H3;2*1H2;;;;/q;;;;;;+1;/p-1. The molecule has 0 N–H and O–H groups in total. The van der Waals surface area contributed by atoms with Gasteiger partial charge in [0, 0.05) is 0 Å². The molecule has 0 bridgehead atoms. The van der Waals surface area contributed by atoms with E-state index in [2.05, 4.69) is 24.5 Å². The molecule has 0 heterocycles. The molecule has 0 nitrogen and oxygen atoms in total. The normalized spacial score (nSPS) is 9.08. The molecule has 13 heavy (non-hydrogen) atoms. The van der Waals surface area contributed by atoms with Crippen LogP contribution in [0.25, 0.3) is 0 Å². The Morgan fingerprint density at radius 3 is 2.38 bits per heavy atom. The van der Waals surface area contributed by atoms with E-state index >= 15 is 0 Å². The number of hydrogen-bond donors (Lipinski definition) is 0. The second-order valence-corrected chi connectivity index (χ2v) is 32.1. The molecule has 4 heteroatoms. The third-order valence-corrected chi connectivity index (χ3v) is 42.6. The van der Waals surface area contributed by atoms with E-state index in [1.165, 1.54) is 25.7 Å². The SMILES string of the molecule is [CH2]=[Sn]([CH2]CCC)[S][SnH+][CH2]CCC.[SH-]. The first kappa shape index (κ1) is 17.6. The molecule has 0 aromatic heterocycles. The maximum Gasteiger partial charge on any atom is -0.813 e. The van der Waals surface area contributed by atoms with Gasteiger partial charge in [0.15, 0.2) is 0 Å².